The van der Waals surface area contributed by atoms with Crippen LogP contribution in [-0.2, 0) is 0 Å². The van der Waals surface area contributed by atoms with Gasteiger partial charge in [-0.15, -0.1) is 0 Å². The molecule has 0 N–H and O–H groups in total. The van der Waals surface area contributed by atoms with Crippen molar-refractivity contribution in [3.8, 4) is 6.07 Å². The predicted molar refractivity (Wildman–Crippen MR) is 40.3 cm³/mol. The lowest BCUT2D eigenvalue weighted by Crippen LogP contribution is -1.97. The first-order chi connectivity index (χ1) is 4.43. The lowest BCUT2D eigenvalue weighted by molar-refractivity contribution is 0.967. The molecule has 1 aliphatic rings. The van der Waals surface area contributed by atoms with Crippen molar-refractivity contribution in [3.05, 3.63) is 11.6 Å². The van der Waals surface area contributed by atoms with Gasteiger partial charge in [-0.05, 0) is 24.3 Å². The van der Waals surface area contributed by atoms with Crippen LogP contribution < -0.4 is 0 Å². The van der Waals surface area contributed by atoms with E-state index in [4.69, 9.17) is 5.26 Å². The molecule has 1 saturated heterocycles. The molecule has 1 rings (SSSR count). The average molecular weight is 139 g/mol. The van der Waals surface area contributed by atoms with Gasteiger partial charge in [-0.25, -0.2) is 0 Å². The Balaban J connectivity index is 2.42. The summed E-state index contributed by atoms with van der Waals surface area (Å²) in [4.78, 5) is 0. The third-order valence-corrected chi connectivity index (χ3v) is 2.39. The maximum absolute atomic E-state index is 8.29. The summed E-state index contributed by atoms with van der Waals surface area (Å²) in [5.41, 5.74) is 1.33. The highest BCUT2D eigenvalue weighted by Gasteiger charge is 2.03. The predicted octanol–water partition coefficient (Wildman–Crippen LogP) is 1.96. The summed E-state index contributed by atoms with van der Waals surface area (Å²) in [7, 11) is 0. The molecular weight excluding hydrogens is 130 g/mol. The normalized spacial score (nSPS) is 18.8. The Morgan fingerprint density at radius 3 is 2.67 bits per heavy atom. The number of allylic oxidation sites excluding steroid dienone is 2. The first-order valence-electron chi connectivity index (χ1n) is 3.09. The highest BCUT2D eigenvalue weighted by atomic mass is 32.2. The smallest absolute Gasteiger partial charge is 0.0911 e. The second-order valence-electron chi connectivity index (χ2n) is 2.04. The van der Waals surface area contributed by atoms with Crippen molar-refractivity contribution in [1.82, 2.24) is 0 Å². The Bertz CT molecular complexity index is 147. The molecule has 0 aromatic carbocycles. The van der Waals surface area contributed by atoms with Crippen molar-refractivity contribution in [3.63, 3.8) is 0 Å². The summed E-state index contributed by atoms with van der Waals surface area (Å²) in [6.07, 6.45) is 3.94. The van der Waals surface area contributed by atoms with Gasteiger partial charge < -0.3 is 0 Å². The highest BCUT2D eigenvalue weighted by Crippen LogP contribution is 2.20. The van der Waals surface area contributed by atoms with E-state index < -0.39 is 0 Å². The van der Waals surface area contributed by atoms with Gasteiger partial charge in [0.25, 0.3) is 0 Å². The second kappa shape index (κ2) is 3.58. The first kappa shape index (κ1) is 6.70. The molecule has 1 aliphatic heterocycles. The van der Waals surface area contributed by atoms with Gasteiger partial charge in [0.1, 0.15) is 0 Å². The van der Waals surface area contributed by atoms with Crippen LogP contribution in [0.1, 0.15) is 12.8 Å². The van der Waals surface area contributed by atoms with Crippen molar-refractivity contribution in [1.29, 1.82) is 5.26 Å². The molecule has 0 atom stereocenters. The van der Waals surface area contributed by atoms with E-state index in [1.54, 1.807) is 6.08 Å². The van der Waals surface area contributed by atoms with Crippen LogP contribution >= 0.6 is 11.8 Å². The Labute approximate surface area is 59.7 Å². The molecule has 0 unspecified atom stereocenters. The molecule has 0 saturated carbocycles. The quantitative estimate of drug-likeness (QED) is 0.479. The number of hydrogen-bond acceptors (Lipinski definition) is 2. The molecule has 0 bridgehead atoms. The third-order valence-electron chi connectivity index (χ3n) is 1.40. The second-order valence-corrected chi connectivity index (χ2v) is 3.27. The molecule has 9 heavy (non-hydrogen) atoms. The van der Waals surface area contributed by atoms with Gasteiger partial charge in [0.15, 0.2) is 0 Å². The average Bonchev–Trinajstić information content (AvgIpc) is 1.91. The number of nitriles is 1. The van der Waals surface area contributed by atoms with Gasteiger partial charge in [-0.2, -0.15) is 17.0 Å². The molecule has 0 aromatic heterocycles. The molecule has 1 fully saturated rings. The van der Waals surface area contributed by atoms with Crippen LogP contribution in [0.25, 0.3) is 0 Å². The Morgan fingerprint density at radius 2 is 2.11 bits per heavy atom. The molecule has 2 heteroatoms. The Kier molecular flexibility index (Phi) is 2.66. The molecule has 0 aromatic rings. The van der Waals surface area contributed by atoms with Crippen LogP contribution in [0.4, 0.5) is 0 Å². The molecule has 0 amide bonds. The van der Waals surface area contributed by atoms with Gasteiger partial charge in [0.05, 0.1) is 6.07 Å². The number of nitrogens with zero attached hydrogens (tertiary/aromatic N) is 1. The Morgan fingerprint density at radius 1 is 1.44 bits per heavy atom. The summed E-state index contributed by atoms with van der Waals surface area (Å²) in [6, 6.07) is 2.07. The molecule has 1 nitrogen and oxygen atoms in total. The van der Waals surface area contributed by atoms with Crippen molar-refractivity contribution in [2.75, 3.05) is 11.5 Å². The van der Waals surface area contributed by atoms with Crippen molar-refractivity contribution in [2.45, 2.75) is 12.8 Å². The minimum atomic E-state index is 1.12. The van der Waals surface area contributed by atoms with Crippen LogP contribution in [0, 0.1) is 11.3 Å². The molecular formula is C7H9NS. The fraction of sp³-hybridized carbons (Fsp3) is 0.571. The van der Waals surface area contributed by atoms with E-state index in [9.17, 15) is 0 Å². The molecule has 1 heterocycles. The molecule has 0 spiro atoms. The van der Waals surface area contributed by atoms with Crippen LogP contribution in [0.5, 0.6) is 0 Å². The van der Waals surface area contributed by atoms with Crippen LogP contribution in [0.2, 0.25) is 0 Å². The van der Waals surface area contributed by atoms with E-state index in [2.05, 4.69) is 6.07 Å². The highest BCUT2D eigenvalue weighted by molar-refractivity contribution is 7.99. The molecule has 0 aliphatic carbocycles. The largest absolute Gasteiger partial charge is 0.193 e. The maximum atomic E-state index is 8.29. The number of hydrogen-bond donors (Lipinski definition) is 0. The number of thioether (sulfide) groups is 1. The minimum Gasteiger partial charge on any atom is -0.193 e. The first-order valence-corrected chi connectivity index (χ1v) is 4.24. The van der Waals surface area contributed by atoms with E-state index in [0.29, 0.717) is 0 Å². The molecule has 0 radical (unpaired) electrons. The van der Waals surface area contributed by atoms with Crippen LogP contribution in [-0.4, -0.2) is 11.5 Å². The van der Waals surface area contributed by atoms with E-state index in [0.717, 1.165) is 12.8 Å². The van der Waals surface area contributed by atoms with Crippen molar-refractivity contribution in [2.24, 2.45) is 0 Å². The van der Waals surface area contributed by atoms with E-state index in [-0.39, 0.29) is 0 Å². The van der Waals surface area contributed by atoms with Gasteiger partial charge >= 0.3 is 0 Å². The van der Waals surface area contributed by atoms with Crippen LogP contribution in [0.15, 0.2) is 11.6 Å². The third kappa shape index (κ3) is 2.11. The lowest BCUT2D eigenvalue weighted by Gasteiger charge is -2.10. The van der Waals surface area contributed by atoms with Gasteiger partial charge in [0, 0.05) is 6.08 Å². The summed E-state index contributed by atoms with van der Waals surface area (Å²) < 4.78 is 0. The van der Waals surface area contributed by atoms with E-state index in [1.807, 2.05) is 11.8 Å². The SMILES string of the molecule is N#CC=C1CCSCC1. The monoisotopic (exact) mass is 139 g/mol. The fourth-order valence-electron chi connectivity index (χ4n) is 0.869. The minimum absolute atomic E-state index is 1.12. The van der Waals surface area contributed by atoms with E-state index in [1.165, 1.54) is 17.1 Å². The van der Waals surface area contributed by atoms with Crippen molar-refractivity contribution >= 4 is 11.8 Å². The van der Waals surface area contributed by atoms with E-state index >= 15 is 0 Å². The Hall–Kier alpha value is -0.420. The molecule has 48 valence electrons. The van der Waals surface area contributed by atoms with Gasteiger partial charge in [0.2, 0.25) is 0 Å². The summed E-state index contributed by atoms with van der Waals surface area (Å²) in [5.74, 6) is 2.40. The van der Waals surface area contributed by atoms with Crippen molar-refractivity contribution < 1.29 is 0 Å². The zero-order valence-corrected chi connectivity index (χ0v) is 6.08. The fourth-order valence-corrected chi connectivity index (χ4v) is 1.89. The standard InChI is InChI=1S/C7H9NS/c8-4-1-7-2-5-9-6-3-7/h1H,2-3,5-6H2. The summed E-state index contributed by atoms with van der Waals surface area (Å²) in [6.45, 7) is 0. The lowest BCUT2D eigenvalue weighted by atomic mass is 10.1. The van der Waals surface area contributed by atoms with Crippen LogP contribution in [0.3, 0.4) is 0 Å². The number of rotatable bonds is 0. The maximum Gasteiger partial charge on any atom is 0.0911 e. The van der Waals surface area contributed by atoms with Gasteiger partial charge in [-0.3, -0.25) is 0 Å². The summed E-state index contributed by atoms with van der Waals surface area (Å²) >= 11 is 1.97. The topological polar surface area (TPSA) is 23.8 Å². The zero-order valence-electron chi connectivity index (χ0n) is 5.26. The van der Waals surface area contributed by atoms with Gasteiger partial charge in [-0.1, -0.05) is 5.57 Å². The zero-order chi connectivity index (χ0) is 6.53. The summed E-state index contributed by atoms with van der Waals surface area (Å²) in [5, 5.41) is 8.29.